The maximum atomic E-state index is 9.78. The molecule has 3 aliphatic carbocycles. The van der Waals surface area contributed by atoms with Crippen LogP contribution in [0.2, 0.25) is 0 Å². The van der Waals surface area contributed by atoms with Crippen LogP contribution in [0.4, 0.5) is 0 Å². The van der Waals surface area contributed by atoms with Crippen LogP contribution in [0.5, 0.6) is 0 Å². The quantitative estimate of drug-likeness (QED) is 0.0689. The zero-order chi connectivity index (χ0) is 44.6. The first-order chi connectivity index (χ1) is 29.6. The van der Waals surface area contributed by atoms with Gasteiger partial charge in [-0.2, -0.15) is 47.4 Å². The number of rotatable bonds is 21. The molecule has 19 heteroatoms. The van der Waals surface area contributed by atoms with Crippen molar-refractivity contribution in [2.45, 2.75) is 56.7 Å². The smallest absolute Gasteiger partial charge is 0.134 e. The Kier molecular flexibility index (Phi) is 20.7. The normalized spacial score (nSPS) is 18.5. The van der Waals surface area contributed by atoms with E-state index in [1.165, 1.54) is 0 Å². The summed E-state index contributed by atoms with van der Waals surface area (Å²) in [5, 5.41) is 95.1. The van der Waals surface area contributed by atoms with E-state index in [1.54, 1.807) is 0 Å². The van der Waals surface area contributed by atoms with Gasteiger partial charge >= 0.3 is 0 Å². The van der Waals surface area contributed by atoms with Crippen molar-refractivity contribution in [2.24, 2.45) is 17.2 Å². The second kappa shape index (κ2) is 26.1. The molecule has 3 atom stereocenters. The molecule has 61 heavy (non-hydrogen) atoms. The van der Waals surface area contributed by atoms with Crippen molar-refractivity contribution in [1.29, 1.82) is 47.4 Å². The molecular formula is C42H48N16O3. The van der Waals surface area contributed by atoms with Crippen molar-refractivity contribution < 1.29 is 14.2 Å². The van der Waals surface area contributed by atoms with E-state index in [0.29, 0.717) is 132 Å². The van der Waals surface area contributed by atoms with Gasteiger partial charge in [-0.3, -0.25) is 4.90 Å². The monoisotopic (exact) mass is 824 g/mol. The van der Waals surface area contributed by atoms with Crippen LogP contribution in [-0.2, 0) is 14.2 Å². The topological polar surface area (TPSA) is 359 Å². The zero-order valence-electron chi connectivity index (χ0n) is 33.9. The molecule has 0 aromatic carbocycles. The lowest BCUT2D eigenvalue weighted by molar-refractivity contribution is 0.0550. The summed E-state index contributed by atoms with van der Waals surface area (Å²) in [6.07, 6.45) is 1.98. The average molecular weight is 825 g/mol. The molecule has 314 valence electrons. The van der Waals surface area contributed by atoms with E-state index in [2.05, 4.69) is 39.1 Å². The molecule has 0 aromatic rings. The van der Waals surface area contributed by atoms with Gasteiger partial charge in [0.25, 0.3) is 0 Å². The largest absolute Gasteiger partial charge is 0.385 e. The third-order valence-corrected chi connectivity index (χ3v) is 9.93. The van der Waals surface area contributed by atoms with Crippen molar-refractivity contribution in [2.75, 3.05) is 78.9 Å². The molecule has 3 unspecified atom stereocenters. The van der Waals surface area contributed by atoms with E-state index >= 15 is 0 Å². The number of nitrogens with two attached hydrogens (primary N) is 3. The first-order valence-corrected chi connectivity index (χ1v) is 19.6. The van der Waals surface area contributed by atoms with Crippen molar-refractivity contribution in [3.8, 4) is 54.6 Å². The molecule has 3 aliphatic rings. The number of nitrogens with zero attached hydrogens (tertiary/aromatic N) is 10. The van der Waals surface area contributed by atoms with Crippen LogP contribution in [0.15, 0.2) is 67.2 Å². The molecule has 19 nitrogen and oxygen atoms in total. The van der Waals surface area contributed by atoms with Crippen LogP contribution in [0.3, 0.4) is 0 Å². The molecule has 0 saturated heterocycles. The lowest BCUT2D eigenvalue weighted by Crippen LogP contribution is -2.36. The zero-order valence-corrected chi connectivity index (χ0v) is 33.9. The molecule has 0 saturated carbocycles. The van der Waals surface area contributed by atoms with E-state index in [-0.39, 0.29) is 70.8 Å². The highest BCUT2D eigenvalue weighted by Crippen LogP contribution is 2.32. The summed E-state index contributed by atoms with van der Waals surface area (Å²) in [6, 6.07) is 16.4. The Morgan fingerprint density at radius 2 is 0.705 bits per heavy atom. The Morgan fingerprint density at radius 1 is 0.443 bits per heavy atom. The predicted molar refractivity (Wildman–Crippen MR) is 217 cm³/mol. The van der Waals surface area contributed by atoms with Crippen LogP contribution < -0.4 is 33.2 Å². The van der Waals surface area contributed by atoms with E-state index in [9.17, 15) is 47.4 Å². The number of hydrogen-bond acceptors (Lipinski definition) is 19. The van der Waals surface area contributed by atoms with E-state index in [1.807, 2.05) is 36.4 Å². The number of nitriles is 9. The van der Waals surface area contributed by atoms with Crippen molar-refractivity contribution >= 4 is 0 Å². The molecule has 0 amide bonds. The average Bonchev–Trinajstić information content (AvgIpc) is 3.25. The van der Waals surface area contributed by atoms with Gasteiger partial charge in [-0.25, -0.2) is 0 Å². The lowest BCUT2D eigenvalue weighted by atomic mass is 9.86. The first-order valence-electron chi connectivity index (χ1n) is 19.6. The first kappa shape index (κ1) is 48.3. The van der Waals surface area contributed by atoms with Crippen LogP contribution in [0, 0.1) is 102 Å². The summed E-state index contributed by atoms with van der Waals surface area (Å²) < 4.78 is 17.7. The van der Waals surface area contributed by atoms with Crippen molar-refractivity contribution in [1.82, 2.24) is 20.9 Å². The second-order valence-electron chi connectivity index (χ2n) is 14.1. The fourth-order valence-corrected chi connectivity index (χ4v) is 7.04. The minimum atomic E-state index is -0.346. The summed E-state index contributed by atoms with van der Waals surface area (Å²) in [5.41, 5.74) is 21.6. The molecule has 0 spiro atoms. The SMILES string of the molecule is N#CC(C#N)=C1CC(N)CC(NCCOCCN(CCOCCNC2=C(C#N)C(=C(C#N)C#N)CC(N)C2)CCOCCNC2=C(C#N)C(=C(C#N)C#N)CC(N)C2)=C1C#N. The van der Waals surface area contributed by atoms with Gasteiger partial charge in [-0.05, 0) is 19.3 Å². The van der Waals surface area contributed by atoms with Gasteiger partial charge in [0.2, 0.25) is 0 Å². The Hall–Kier alpha value is -7.03. The molecule has 0 bridgehead atoms. The standard InChI is InChI=1S/C42H48N16O3/c43-19-28(20-44)34-13-31(52)16-40(37(34)25-49)55-1-7-59-10-4-58(5-11-60-8-2-56-41-17-32(53)14-35(38(41)26-50)29(21-45)22-46)6-12-61-9-3-57-42-18-33(54)15-36(39(42)27-51)30(23-47)24-48/h31-33,55-57H,1-18,52-54H2. The molecule has 0 aromatic heterocycles. The maximum Gasteiger partial charge on any atom is 0.134 e. The van der Waals surface area contributed by atoms with Gasteiger partial charge in [0.1, 0.15) is 71.3 Å². The summed E-state index contributed by atoms with van der Waals surface area (Å²) in [4.78, 5) is 2.10. The highest BCUT2D eigenvalue weighted by atomic mass is 16.5. The number of ether oxygens (including phenoxy) is 3. The molecule has 3 rings (SSSR count). The third kappa shape index (κ3) is 14.3. The molecule has 0 radical (unpaired) electrons. The molecule has 0 fully saturated rings. The van der Waals surface area contributed by atoms with Gasteiger partial charge in [0.15, 0.2) is 0 Å². The fraction of sp³-hybridized carbons (Fsp3) is 0.500. The predicted octanol–water partition coefficient (Wildman–Crippen LogP) is 0.835. The van der Waals surface area contributed by atoms with E-state index < -0.39 is 0 Å². The Labute approximate surface area is 356 Å². The minimum Gasteiger partial charge on any atom is -0.385 e. The van der Waals surface area contributed by atoms with Gasteiger partial charge in [-0.15, -0.1) is 0 Å². The minimum absolute atomic E-state index is 0.127. The number of hydrogen-bond donors (Lipinski definition) is 6. The van der Waals surface area contributed by atoms with Crippen molar-refractivity contribution in [3.05, 3.63) is 67.2 Å². The number of nitrogens with one attached hydrogen (secondary N) is 3. The van der Waals surface area contributed by atoms with Crippen LogP contribution >= 0.6 is 0 Å². The molecule has 0 aliphatic heterocycles. The van der Waals surface area contributed by atoms with Crippen molar-refractivity contribution in [3.63, 3.8) is 0 Å². The van der Waals surface area contributed by atoms with Crippen LogP contribution in [0.1, 0.15) is 38.5 Å². The Bertz CT molecular complexity index is 1910. The fourth-order valence-electron chi connectivity index (χ4n) is 7.04. The number of allylic oxidation sites excluding steroid dienone is 6. The Balaban J connectivity index is 1.55. The molecule has 0 heterocycles. The van der Waals surface area contributed by atoms with Gasteiger partial charge in [0.05, 0.1) is 56.4 Å². The molecule has 9 N–H and O–H groups in total. The van der Waals surface area contributed by atoms with Crippen LogP contribution in [0.25, 0.3) is 0 Å². The van der Waals surface area contributed by atoms with E-state index in [0.717, 1.165) is 0 Å². The highest BCUT2D eigenvalue weighted by Gasteiger charge is 2.28. The van der Waals surface area contributed by atoms with Gasteiger partial charge < -0.3 is 47.4 Å². The van der Waals surface area contributed by atoms with Gasteiger partial charge in [0, 0.05) is 110 Å². The van der Waals surface area contributed by atoms with E-state index in [4.69, 9.17) is 31.4 Å². The third-order valence-electron chi connectivity index (χ3n) is 9.93. The lowest BCUT2D eigenvalue weighted by Gasteiger charge is -2.26. The summed E-state index contributed by atoms with van der Waals surface area (Å²) >= 11 is 0. The summed E-state index contributed by atoms with van der Waals surface area (Å²) in [7, 11) is 0. The maximum absolute atomic E-state index is 9.78. The summed E-state index contributed by atoms with van der Waals surface area (Å²) in [5.74, 6) is 0. The van der Waals surface area contributed by atoms with Gasteiger partial charge in [-0.1, -0.05) is 0 Å². The molecular weight excluding hydrogens is 777 g/mol. The van der Waals surface area contributed by atoms with Crippen LogP contribution in [-0.4, -0.2) is 102 Å². The Morgan fingerprint density at radius 3 is 0.934 bits per heavy atom. The summed E-state index contributed by atoms with van der Waals surface area (Å²) in [6.45, 7) is 4.64. The highest BCUT2D eigenvalue weighted by molar-refractivity contribution is 5.59. The second-order valence-corrected chi connectivity index (χ2v) is 14.1.